The molecule has 3 aromatic carbocycles. The molecule has 0 aliphatic heterocycles. The van der Waals surface area contributed by atoms with Crippen LogP contribution < -0.4 is 5.32 Å². The number of benzene rings is 3. The molecule has 0 bridgehead atoms. The number of fused-ring (bicyclic) bond motifs is 1. The number of carbonyl (C=O) groups is 1. The van der Waals surface area contributed by atoms with Crippen LogP contribution in [0.5, 0.6) is 0 Å². The van der Waals surface area contributed by atoms with E-state index in [0.717, 1.165) is 39.0 Å². The van der Waals surface area contributed by atoms with Crippen LogP contribution in [0.2, 0.25) is 5.02 Å². The lowest BCUT2D eigenvalue weighted by molar-refractivity contribution is 0.0952. The molecule has 5 nitrogen and oxygen atoms in total. The first-order chi connectivity index (χ1) is 16.9. The Morgan fingerprint density at radius 2 is 1.69 bits per heavy atom. The van der Waals surface area contributed by atoms with E-state index in [1.165, 1.54) is 5.56 Å². The van der Waals surface area contributed by atoms with Crippen molar-refractivity contribution in [3.8, 4) is 16.9 Å². The summed E-state index contributed by atoms with van der Waals surface area (Å²) in [7, 11) is 0. The summed E-state index contributed by atoms with van der Waals surface area (Å²) in [6.07, 6.45) is 1.81. The molecule has 0 saturated carbocycles. The molecule has 0 aliphatic carbocycles. The number of aryl methyl sites for hydroxylation is 2. The number of pyridine rings is 1. The molecule has 0 aliphatic rings. The molecule has 5 aromatic rings. The predicted molar refractivity (Wildman–Crippen MR) is 141 cm³/mol. The Balaban J connectivity index is 1.55. The normalized spacial score (nSPS) is 11.1. The van der Waals surface area contributed by atoms with Crippen LogP contribution in [0, 0.1) is 20.8 Å². The first kappa shape index (κ1) is 22.8. The molecule has 0 fully saturated rings. The third kappa shape index (κ3) is 4.55. The molecule has 1 amide bonds. The molecule has 0 spiro atoms. The van der Waals surface area contributed by atoms with E-state index in [1.54, 1.807) is 0 Å². The minimum absolute atomic E-state index is 0.173. The number of carbonyl (C=O) groups excluding carboxylic acids is 1. The van der Waals surface area contributed by atoms with Crippen molar-refractivity contribution in [1.82, 2.24) is 20.1 Å². The van der Waals surface area contributed by atoms with Crippen LogP contribution in [0.3, 0.4) is 0 Å². The van der Waals surface area contributed by atoms with Gasteiger partial charge in [-0.2, -0.15) is 5.10 Å². The van der Waals surface area contributed by atoms with Crippen molar-refractivity contribution in [2.24, 2.45) is 0 Å². The average Bonchev–Trinajstić information content (AvgIpc) is 3.24. The zero-order chi connectivity index (χ0) is 24.5. The highest BCUT2D eigenvalue weighted by Crippen LogP contribution is 2.29. The summed E-state index contributed by atoms with van der Waals surface area (Å²) < 4.78 is 1.90. The predicted octanol–water partition coefficient (Wildman–Crippen LogP) is 6.60. The number of halogens is 1. The highest BCUT2D eigenvalue weighted by molar-refractivity contribution is 6.31. The van der Waals surface area contributed by atoms with E-state index in [9.17, 15) is 4.79 Å². The number of rotatable bonds is 5. The highest BCUT2D eigenvalue weighted by atomic mass is 35.5. The largest absolute Gasteiger partial charge is 0.348 e. The molecule has 0 unspecified atom stereocenters. The van der Waals surface area contributed by atoms with Crippen molar-refractivity contribution in [3.05, 3.63) is 112 Å². The Labute approximate surface area is 209 Å². The lowest BCUT2D eigenvalue weighted by Gasteiger charge is -2.12. The second-order valence-electron chi connectivity index (χ2n) is 8.74. The Morgan fingerprint density at radius 1 is 0.943 bits per heavy atom. The quantitative estimate of drug-likeness (QED) is 0.308. The fourth-order valence-electron chi connectivity index (χ4n) is 4.19. The van der Waals surface area contributed by atoms with Gasteiger partial charge < -0.3 is 5.32 Å². The van der Waals surface area contributed by atoms with Gasteiger partial charge in [0, 0.05) is 22.5 Å². The van der Waals surface area contributed by atoms with Crippen molar-refractivity contribution in [3.63, 3.8) is 0 Å². The number of nitrogens with one attached hydrogen (secondary N) is 1. The molecular formula is C29H25ClN4O. The van der Waals surface area contributed by atoms with Gasteiger partial charge in [0.1, 0.15) is 0 Å². The summed E-state index contributed by atoms with van der Waals surface area (Å²) in [6, 6.07) is 23.5. The van der Waals surface area contributed by atoms with E-state index in [1.807, 2.05) is 85.4 Å². The van der Waals surface area contributed by atoms with Gasteiger partial charge >= 0.3 is 0 Å². The van der Waals surface area contributed by atoms with Gasteiger partial charge in [0.05, 0.1) is 34.4 Å². The number of hydrogen-bond acceptors (Lipinski definition) is 3. The zero-order valence-electron chi connectivity index (χ0n) is 19.8. The van der Waals surface area contributed by atoms with E-state index in [0.29, 0.717) is 22.8 Å². The summed E-state index contributed by atoms with van der Waals surface area (Å²) in [6.45, 7) is 6.42. The summed E-state index contributed by atoms with van der Waals surface area (Å²) in [5.41, 5.74) is 7.99. The van der Waals surface area contributed by atoms with Gasteiger partial charge in [-0.15, -0.1) is 0 Å². The van der Waals surface area contributed by atoms with Gasteiger partial charge in [0.2, 0.25) is 0 Å². The standard InChI is InChI=1S/C29H25ClN4O/c1-18-8-11-22(12-9-18)34-20(3)25(17-32-34)28-15-24(23-14-19(2)10-13-27(23)33-28)29(35)31-16-21-6-4-5-7-26(21)30/h4-15,17H,16H2,1-3H3,(H,31,35). The van der Waals surface area contributed by atoms with Crippen LogP contribution in [0.1, 0.15) is 32.7 Å². The van der Waals surface area contributed by atoms with Crippen LogP contribution >= 0.6 is 11.6 Å². The van der Waals surface area contributed by atoms with E-state index >= 15 is 0 Å². The van der Waals surface area contributed by atoms with Crippen LogP contribution in [0.25, 0.3) is 27.8 Å². The van der Waals surface area contributed by atoms with Gasteiger partial charge in [0.15, 0.2) is 0 Å². The molecule has 0 radical (unpaired) electrons. The van der Waals surface area contributed by atoms with Crippen LogP contribution in [0.4, 0.5) is 0 Å². The minimum Gasteiger partial charge on any atom is -0.348 e. The van der Waals surface area contributed by atoms with Gasteiger partial charge in [-0.25, -0.2) is 9.67 Å². The second-order valence-corrected chi connectivity index (χ2v) is 9.15. The molecule has 5 rings (SSSR count). The van der Waals surface area contributed by atoms with Crippen molar-refractivity contribution in [2.75, 3.05) is 0 Å². The van der Waals surface area contributed by atoms with E-state index in [2.05, 4.69) is 29.5 Å². The molecular weight excluding hydrogens is 456 g/mol. The van der Waals surface area contributed by atoms with Gasteiger partial charge in [-0.1, -0.05) is 59.1 Å². The van der Waals surface area contributed by atoms with Crippen LogP contribution in [0.15, 0.2) is 79.0 Å². The van der Waals surface area contributed by atoms with E-state index in [-0.39, 0.29) is 5.91 Å². The highest BCUT2D eigenvalue weighted by Gasteiger charge is 2.18. The van der Waals surface area contributed by atoms with Crippen LogP contribution in [-0.4, -0.2) is 20.7 Å². The first-order valence-electron chi connectivity index (χ1n) is 11.5. The number of hydrogen-bond donors (Lipinski definition) is 1. The molecule has 6 heteroatoms. The lowest BCUT2D eigenvalue weighted by Crippen LogP contribution is -2.23. The Kier molecular flexibility index (Phi) is 6.10. The lowest BCUT2D eigenvalue weighted by atomic mass is 10.0. The van der Waals surface area contributed by atoms with Crippen LogP contribution in [-0.2, 0) is 6.54 Å². The Morgan fingerprint density at radius 3 is 2.46 bits per heavy atom. The SMILES string of the molecule is Cc1ccc(-n2ncc(-c3cc(C(=O)NCc4ccccc4Cl)c4cc(C)ccc4n3)c2C)cc1. The van der Waals surface area contributed by atoms with Gasteiger partial charge in [-0.05, 0) is 62.7 Å². The minimum atomic E-state index is -0.173. The summed E-state index contributed by atoms with van der Waals surface area (Å²) in [5, 5.41) is 9.07. The molecule has 35 heavy (non-hydrogen) atoms. The first-order valence-corrected chi connectivity index (χ1v) is 11.8. The molecule has 2 aromatic heterocycles. The van der Waals surface area contributed by atoms with Gasteiger partial charge in [-0.3, -0.25) is 4.79 Å². The van der Waals surface area contributed by atoms with Crippen molar-refractivity contribution in [2.45, 2.75) is 27.3 Å². The second kappa shape index (κ2) is 9.35. The van der Waals surface area contributed by atoms with Crippen molar-refractivity contribution >= 4 is 28.4 Å². The summed E-state index contributed by atoms with van der Waals surface area (Å²) in [4.78, 5) is 18.3. The molecule has 0 saturated heterocycles. The smallest absolute Gasteiger partial charge is 0.252 e. The van der Waals surface area contributed by atoms with E-state index in [4.69, 9.17) is 16.6 Å². The molecule has 2 heterocycles. The zero-order valence-corrected chi connectivity index (χ0v) is 20.6. The monoisotopic (exact) mass is 480 g/mol. The Bertz CT molecular complexity index is 1550. The third-order valence-corrected chi connectivity index (χ3v) is 6.54. The maximum absolute atomic E-state index is 13.4. The maximum Gasteiger partial charge on any atom is 0.252 e. The molecule has 174 valence electrons. The third-order valence-electron chi connectivity index (χ3n) is 6.17. The van der Waals surface area contributed by atoms with E-state index < -0.39 is 0 Å². The average molecular weight is 481 g/mol. The van der Waals surface area contributed by atoms with Crippen molar-refractivity contribution in [1.29, 1.82) is 0 Å². The topological polar surface area (TPSA) is 59.8 Å². The number of nitrogens with zero attached hydrogens (tertiary/aromatic N) is 3. The molecule has 1 N–H and O–H groups in total. The van der Waals surface area contributed by atoms with Gasteiger partial charge in [0.25, 0.3) is 5.91 Å². The fourth-order valence-corrected chi connectivity index (χ4v) is 4.39. The fraction of sp³-hybridized carbons (Fsp3) is 0.138. The maximum atomic E-state index is 13.4. The number of amides is 1. The summed E-state index contributed by atoms with van der Waals surface area (Å²) >= 11 is 6.28. The number of aromatic nitrogens is 3. The Hall–Kier alpha value is -3.96. The molecule has 0 atom stereocenters. The van der Waals surface area contributed by atoms with Crippen molar-refractivity contribution < 1.29 is 4.79 Å². The summed E-state index contributed by atoms with van der Waals surface area (Å²) in [5.74, 6) is -0.173.